The van der Waals surface area contributed by atoms with E-state index in [0.29, 0.717) is 12.1 Å². The zero-order valence-electron chi connectivity index (χ0n) is 10.4. The molecule has 0 radical (unpaired) electrons. The molecule has 8 heteroatoms. The average Bonchev–Trinajstić information content (AvgIpc) is 2.31. The molecule has 0 saturated heterocycles. The first-order chi connectivity index (χ1) is 8.69. The fourth-order valence-electron chi connectivity index (χ4n) is 1.24. The normalized spacial score (nSPS) is 13.7. The van der Waals surface area contributed by atoms with Crippen LogP contribution in [0.3, 0.4) is 0 Å². The molecule has 104 valence electrons. The van der Waals surface area contributed by atoms with E-state index in [4.69, 9.17) is 5.73 Å². The Morgan fingerprint density at radius 3 is 2.58 bits per heavy atom. The van der Waals surface area contributed by atoms with Gasteiger partial charge in [0.15, 0.2) is 11.5 Å². The van der Waals surface area contributed by atoms with Gasteiger partial charge in [0.1, 0.15) is 5.82 Å². The third kappa shape index (κ3) is 3.22. The molecule has 0 aliphatic rings. The minimum atomic E-state index is -1.31. The van der Waals surface area contributed by atoms with Crippen molar-refractivity contribution in [3.63, 3.8) is 0 Å². The molecule has 6 nitrogen and oxygen atoms in total. The van der Waals surface area contributed by atoms with Gasteiger partial charge in [-0.2, -0.15) is 0 Å². The van der Waals surface area contributed by atoms with Crippen molar-refractivity contribution < 1.29 is 18.5 Å². The molecule has 0 aliphatic heterocycles. The molecule has 0 bridgehead atoms. The van der Waals surface area contributed by atoms with Gasteiger partial charge >= 0.3 is 0 Å². The van der Waals surface area contributed by atoms with Crippen molar-refractivity contribution in [2.45, 2.75) is 25.8 Å². The first-order valence-corrected chi connectivity index (χ1v) is 5.42. The summed E-state index contributed by atoms with van der Waals surface area (Å²) in [6.07, 6.45) is 0.245. The number of nitro benzene ring substituents is 1. The lowest BCUT2D eigenvalue weighted by molar-refractivity contribution is -0.384. The average molecular weight is 273 g/mol. The van der Waals surface area contributed by atoms with E-state index in [1.807, 2.05) is 5.32 Å². The summed E-state index contributed by atoms with van der Waals surface area (Å²) in [5.74, 6) is -3.12. The van der Waals surface area contributed by atoms with E-state index in [1.54, 1.807) is 6.92 Å². The van der Waals surface area contributed by atoms with Crippen LogP contribution >= 0.6 is 0 Å². The molecule has 1 atom stereocenters. The fourth-order valence-corrected chi connectivity index (χ4v) is 1.24. The molecule has 1 aromatic carbocycles. The highest BCUT2D eigenvalue weighted by atomic mass is 19.1. The van der Waals surface area contributed by atoms with E-state index >= 15 is 0 Å². The number of hydrogen-bond donors (Lipinski definition) is 2. The van der Waals surface area contributed by atoms with E-state index in [1.165, 1.54) is 6.92 Å². The molecule has 0 aromatic heterocycles. The topological polar surface area (TPSA) is 98.3 Å². The van der Waals surface area contributed by atoms with Crippen LogP contribution in [0.2, 0.25) is 0 Å². The van der Waals surface area contributed by atoms with Crippen molar-refractivity contribution in [2.75, 3.05) is 5.32 Å². The Labute approximate surface area is 107 Å². The van der Waals surface area contributed by atoms with E-state index in [9.17, 15) is 23.7 Å². The third-order valence-electron chi connectivity index (χ3n) is 2.72. The first kappa shape index (κ1) is 15.0. The molecular formula is C11H13F2N3O3. The highest BCUT2D eigenvalue weighted by Gasteiger charge is 2.30. The highest BCUT2D eigenvalue weighted by molar-refractivity contribution is 5.99. The van der Waals surface area contributed by atoms with Crippen molar-refractivity contribution in [1.82, 2.24) is 0 Å². The third-order valence-corrected chi connectivity index (χ3v) is 2.72. The van der Waals surface area contributed by atoms with Gasteiger partial charge in [0, 0.05) is 6.07 Å². The number of anilines is 1. The molecule has 1 rings (SSSR count). The van der Waals surface area contributed by atoms with Crippen LogP contribution in [-0.4, -0.2) is 16.4 Å². The summed E-state index contributed by atoms with van der Waals surface area (Å²) in [5.41, 5.74) is 2.77. The maximum absolute atomic E-state index is 13.5. The van der Waals surface area contributed by atoms with Crippen LogP contribution in [0.4, 0.5) is 20.2 Å². The molecule has 1 unspecified atom stereocenters. The lowest BCUT2D eigenvalue weighted by atomic mass is 9.99. The second kappa shape index (κ2) is 5.27. The number of halogens is 2. The maximum atomic E-state index is 13.5. The van der Waals surface area contributed by atoms with Gasteiger partial charge in [0.05, 0.1) is 16.5 Å². The minimum Gasteiger partial charge on any atom is -0.318 e. The quantitative estimate of drug-likeness (QED) is 0.647. The molecule has 0 fully saturated rings. The van der Waals surface area contributed by atoms with Crippen LogP contribution in [0.25, 0.3) is 0 Å². The number of hydrogen-bond acceptors (Lipinski definition) is 4. The van der Waals surface area contributed by atoms with Crippen molar-refractivity contribution in [2.24, 2.45) is 5.73 Å². The number of carbonyl (C=O) groups is 1. The zero-order chi connectivity index (χ0) is 14.8. The number of benzene rings is 1. The van der Waals surface area contributed by atoms with Crippen LogP contribution in [0.1, 0.15) is 20.3 Å². The van der Waals surface area contributed by atoms with Gasteiger partial charge < -0.3 is 11.1 Å². The Hall–Kier alpha value is -2.09. The molecular weight excluding hydrogens is 260 g/mol. The number of carbonyl (C=O) groups excluding carboxylic acids is 1. The van der Waals surface area contributed by atoms with Crippen molar-refractivity contribution >= 4 is 17.3 Å². The summed E-state index contributed by atoms with van der Waals surface area (Å²) < 4.78 is 26.4. The maximum Gasteiger partial charge on any atom is 0.298 e. The summed E-state index contributed by atoms with van der Waals surface area (Å²) in [6.45, 7) is 3.03. The Morgan fingerprint density at radius 1 is 1.53 bits per heavy atom. The predicted molar refractivity (Wildman–Crippen MR) is 64.5 cm³/mol. The molecule has 0 saturated carbocycles. The van der Waals surface area contributed by atoms with Crippen LogP contribution in [0.5, 0.6) is 0 Å². The number of nitrogens with zero attached hydrogens (tertiary/aromatic N) is 1. The molecule has 0 spiro atoms. The van der Waals surface area contributed by atoms with Crippen molar-refractivity contribution in [3.05, 3.63) is 33.9 Å². The van der Waals surface area contributed by atoms with Crippen LogP contribution < -0.4 is 11.1 Å². The number of nitrogens with two attached hydrogens (primary N) is 1. The first-order valence-electron chi connectivity index (χ1n) is 5.42. The standard InChI is InChI=1S/C11H13F2N3O3/c1-3-11(2,14)10(17)15-9-7(13)4-6(12)5-8(9)16(18)19/h4-5H,3,14H2,1-2H3,(H,15,17). The Morgan fingerprint density at radius 2 is 2.11 bits per heavy atom. The molecule has 0 aliphatic carbocycles. The lowest BCUT2D eigenvalue weighted by Crippen LogP contribution is -2.48. The largest absolute Gasteiger partial charge is 0.318 e. The molecule has 0 heterocycles. The summed E-state index contributed by atoms with van der Waals surface area (Å²) >= 11 is 0. The van der Waals surface area contributed by atoms with Crippen LogP contribution in [-0.2, 0) is 4.79 Å². The van der Waals surface area contributed by atoms with Crippen LogP contribution in [0.15, 0.2) is 12.1 Å². The lowest BCUT2D eigenvalue weighted by Gasteiger charge is -2.21. The number of nitro groups is 1. The van der Waals surface area contributed by atoms with Gasteiger partial charge in [0.25, 0.3) is 5.69 Å². The monoisotopic (exact) mass is 273 g/mol. The van der Waals surface area contributed by atoms with Gasteiger partial charge in [-0.15, -0.1) is 0 Å². The molecule has 1 aromatic rings. The minimum absolute atomic E-state index is 0.245. The summed E-state index contributed by atoms with van der Waals surface area (Å²) in [5, 5.41) is 12.7. The van der Waals surface area contributed by atoms with Crippen LogP contribution in [0, 0.1) is 21.7 Å². The summed E-state index contributed by atoms with van der Waals surface area (Å²) in [7, 11) is 0. The SMILES string of the molecule is CCC(C)(N)C(=O)Nc1c(F)cc(F)cc1[N+](=O)[O-]. The highest BCUT2D eigenvalue weighted by Crippen LogP contribution is 2.29. The molecule has 3 N–H and O–H groups in total. The second-order valence-electron chi connectivity index (χ2n) is 4.26. The number of nitrogens with one attached hydrogen (secondary N) is 1. The van der Waals surface area contributed by atoms with Crippen molar-refractivity contribution in [3.8, 4) is 0 Å². The van der Waals surface area contributed by atoms with Gasteiger partial charge in [-0.3, -0.25) is 14.9 Å². The fraction of sp³-hybridized carbons (Fsp3) is 0.364. The predicted octanol–water partition coefficient (Wildman–Crippen LogP) is 1.94. The number of amides is 1. The molecule has 19 heavy (non-hydrogen) atoms. The van der Waals surface area contributed by atoms with Crippen molar-refractivity contribution in [1.29, 1.82) is 0 Å². The van der Waals surface area contributed by atoms with E-state index < -0.39 is 39.4 Å². The number of rotatable bonds is 4. The second-order valence-corrected chi connectivity index (χ2v) is 4.26. The smallest absolute Gasteiger partial charge is 0.298 e. The van der Waals surface area contributed by atoms with Gasteiger partial charge in [-0.1, -0.05) is 6.92 Å². The van der Waals surface area contributed by atoms with Gasteiger partial charge in [-0.25, -0.2) is 8.78 Å². The van der Waals surface area contributed by atoms with E-state index in [0.717, 1.165) is 0 Å². The Bertz CT molecular complexity index is 532. The zero-order valence-corrected chi connectivity index (χ0v) is 10.4. The summed E-state index contributed by atoms with van der Waals surface area (Å²) in [4.78, 5) is 21.5. The Balaban J connectivity index is 3.21. The van der Waals surface area contributed by atoms with Gasteiger partial charge in [0.2, 0.25) is 5.91 Å². The molecule has 1 amide bonds. The van der Waals surface area contributed by atoms with E-state index in [-0.39, 0.29) is 6.42 Å². The summed E-state index contributed by atoms with van der Waals surface area (Å²) in [6, 6.07) is 0.973. The Kier molecular flexibility index (Phi) is 4.15. The van der Waals surface area contributed by atoms with Gasteiger partial charge in [-0.05, 0) is 13.3 Å². The van der Waals surface area contributed by atoms with E-state index in [2.05, 4.69) is 0 Å².